The number of aromatic amines is 1. The summed E-state index contributed by atoms with van der Waals surface area (Å²) in [5, 5.41) is 1.24. The maximum absolute atomic E-state index is 4.88. The summed E-state index contributed by atoms with van der Waals surface area (Å²) in [6.07, 6.45) is 4.33. The number of para-hydroxylation sites is 2. The van der Waals surface area contributed by atoms with E-state index in [9.17, 15) is 0 Å². The zero-order valence-corrected chi connectivity index (χ0v) is 13.5. The predicted molar refractivity (Wildman–Crippen MR) is 99.6 cm³/mol. The molecule has 1 atom stereocenters. The van der Waals surface area contributed by atoms with E-state index in [2.05, 4.69) is 71.2 Å². The summed E-state index contributed by atoms with van der Waals surface area (Å²) >= 11 is 0. The summed E-state index contributed by atoms with van der Waals surface area (Å²) in [5.41, 5.74) is 5.87. The van der Waals surface area contributed by atoms with Gasteiger partial charge in [0, 0.05) is 41.2 Å². The van der Waals surface area contributed by atoms with Crippen molar-refractivity contribution in [1.82, 2.24) is 9.88 Å². The maximum atomic E-state index is 4.88. The van der Waals surface area contributed by atoms with E-state index in [1.54, 1.807) is 0 Å². The lowest BCUT2D eigenvalue weighted by Gasteiger charge is -2.35. The van der Waals surface area contributed by atoms with Gasteiger partial charge in [0.1, 0.15) is 5.84 Å². The number of benzene rings is 2. The summed E-state index contributed by atoms with van der Waals surface area (Å²) in [4.78, 5) is 10.7. The highest BCUT2D eigenvalue weighted by atomic mass is 15.3. The van der Waals surface area contributed by atoms with E-state index < -0.39 is 0 Å². The van der Waals surface area contributed by atoms with Crippen LogP contribution in [0.25, 0.3) is 16.5 Å². The van der Waals surface area contributed by atoms with Gasteiger partial charge < -0.3 is 9.88 Å². The minimum absolute atomic E-state index is 0.176. The second-order valence-electron chi connectivity index (χ2n) is 6.56. The fraction of sp³-hybridized carbons (Fsp3) is 0.190. The highest BCUT2D eigenvalue weighted by Crippen LogP contribution is 2.45. The third-order valence-electron chi connectivity index (χ3n) is 5.19. The van der Waals surface area contributed by atoms with Crippen molar-refractivity contribution in [1.29, 1.82) is 0 Å². The predicted octanol–water partition coefficient (Wildman–Crippen LogP) is 5.06. The van der Waals surface area contributed by atoms with Gasteiger partial charge in [-0.15, -0.1) is 0 Å². The Morgan fingerprint density at radius 3 is 2.92 bits per heavy atom. The lowest BCUT2D eigenvalue weighted by Crippen LogP contribution is -2.33. The molecule has 0 radical (unpaired) electrons. The molecule has 5 rings (SSSR count). The van der Waals surface area contributed by atoms with Gasteiger partial charge in [-0.1, -0.05) is 43.0 Å². The number of hydrogen-bond donors (Lipinski definition) is 1. The van der Waals surface area contributed by atoms with Crippen molar-refractivity contribution in [2.75, 3.05) is 6.54 Å². The topological polar surface area (TPSA) is 31.4 Å². The van der Waals surface area contributed by atoms with E-state index in [4.69, 9.17) is 4.99 Å². The third kappa shape index (κ3) is 1.88. The van der Waals surface area contributed by atoms with Gasteiger partial charge >= 0.3 is 0 Å². The largest absolute Gasteiger partial charge is 0.361 e. The normalized spacial score (nSPS) is 19.1. The molecule has 0 saturated carbocycles. The summed E-state index contributed by atoms with van der Waals surface area (Å²) in [6.45, 7) is 5.57. The molecule has 1 saturated heterocycles. The number of aliphatic imine (C=N–C) groups is 1. The van der Waals surface area contributed by atoms with Gasteiger partial charge in [-0.25, -0.2) is 4.99 Å². The van der Waals surface area contributed by atoms with Gasteiger partial charge in [0.15, 0.2) is 0 Å². The Morgan fingerprint density at radius 1 is 1.12 bits per heavy atom. The molecule has 0 amide bonds. The van der Waals surface area contributed by atoms with Crippen molar-refractivity contribution in [3.63, 3.8) is 0 Å². The van der Waals surface area contributed by atoms with E-state index in [1.165, 1.54) is 28.8 Å². The molecule has 1 N–H and O–H groups in total. The molecule has 3 aromatic rings. The number of amidine groups is 1. The highest BCUT2D eigenvalue weighted by molar-refractivity contribution is 5.97. The van der Waals surface area contributed by atoms with E-state index in [0.29, 0.717) is 0 Å². The van der Waals surface area contributed by atoms with Crippen molar-refractivity contribution in [2.45, 2.75) is 18.9 Å². The highest BCUT2D eigenvalue weighted by Gasteiger charge is 2.35. The molecule has 0 bridgehead atoms. The Balaban J connectivity index is 1.67. The van der Waals surface area contributed by atoms with Crippen molar-refractivity contribution in [2.24, 2.45) is 4.99 Å². The maximum Gasteiger partial charge on any atom is 0.106 e. The Hall–Kier alpha value is -2.81. The van der Waals surface area contributed by atoms with Crippen LogP contribution in [0.2, 0.25) is 0 Å². The number of nitrogens with zero attached hydrogens (tertiary/aromatic N) is 2. The fourth-order valence-electron chi connectivity index (χ4n) is 4.07. The summed E-state index contributed by atoms with van der Waals surface area (Å²) in [6, 6.07) is 17.1. The molecule has 2 aliphatic rings. The van der Waals surface area contributed by atoms with Crippen molar-refractivity contribution in [3.8, 4) is 0 Å². The molecule has 3 heterocycles. The first kappa shape index (κ1) is 13.6. The Bertz CT molecular complexity index is 979. The molecule has 0 spiro atoms. The van der Waals surface area contributed by atoms with E-state index >= 15 is 0 Å². The first-order valence-electron chi connectivity index (χ1n) is 8.51. The minimum Gasteiger partial charge on any atom is -0.361 e. The molecule has 0 aliphatic carbocycles. The second-order valence-corrected chi connectivity index (χ2v) is 6.56. The molecular formula is C21H19N3. The lowest BCUT2D eigenvalue weighted by atomic mass is 9.90. The molecule has 1 unspecified atom stereocenters. The van der Waals surface area contributed by atoms with Crippen LogP contribution in [0.5, 0.6) is 0 Å². The van der Waals surface area contributed by atoms with Crippen LogP contribution in [0.4, 0.5) is 5.69 Å². The van der Waals surface area contributed by atoms with Crippen LogP contribution < -0.4 is 0 Å². The second kappa shape index (κ2) is 5.10. The summed E-state index contributed by atoms with van der Waals surface area (Å²) < 4.78 is 0. The molecule has 1 aromatic heterocycles. The molecule has 1 fully saturated rings. The number of nitrogens with one attached hydrogen (secondary N) is 1. The van der Waals surface area contributed by atoms with Gasteiger partial charge in [-0.05, 0) is 24.1 Å². The lowest BCUT2D eigenvalue weighted by molar-refractivity contribution is 0.400. The van der Waals surface area contributed by atoms with Crippen molar-refractivity contribution in [3.05, 3.63) is 72.4 Å². The SMILES string of the molecule is C=C(c1c[nH]c2ccccc12)C1c2ccccc2N=C2CCCN21. The molecule has 2 aliphatic heterocycles. The van der Waals surface area contributed by atoms with Gasteiger partial charge in [0.2, 0.25) is 0 Å². The van der Waals surface area contributed by atoms with Crippen molar-refractivity contribution >= 4 is 28.0 Å². The molecule has 3 heteroatoms. The van der Waals surface area contributed by atoms with E-state index in [0.717, 1.165) is 29.7 Å². The fourth-order valence-corrected chi connectivity index (χ4v) is 4.07. The Morgan fingerprint density at radius 2 is 1.96 bits per heavy atom. The van der Waals surface area contributed by atoms with Crippen LogP contribution in [0, 0.1) is 0 Å². The third-order valence-corrected chi connectivity index (χ3v) is 5.19. The zero-order chi connectivity index (χ0) is 16.1. The Kier molecular flexibility index (Phi) is 2.89. The average molecular weight is 313 g/mol. The number of hydrogen-bond acceptors (Lipinski definition) is 2. The van der Waals surface area contributed by atoms with E-state index in [1.807, 2.05) is 0 Å². The molecule has 3 nitrogen and oxygen atoms in total. The van der Waals surface area contributed by atoms with Crippen LogP contribution >= 0.6 is 0 Å². The van der Waals surface area contributed by atoms with Crippen LogP contribution in [0.3, 0.4) is 0 Å². The molecule has 118 valence electrons. The average Bonchev–Trinajstić information content (AvgIpc) is 3.25. The first-order valence-corrected chi connectivity index (χ1v) is 8.51. The summed E-state index contributed by atoms with van der Waals surface area (Å²) in [5.74, 6) is 1.21. The van der Waals surface area contributed by atoms with Crippen LogP contribution in [-0.2, 0) is 0 Å². The minimum atomic E-state index is 0.176. The molecule has 24 heavy (non-hydrogen) atoms. The van der Waals surface area contributed by atoms with Crippen molar-refractivity contribution < 1.29 is 0 Å². The van der Waals surface area contributed by atoms with Crippen LogP contribution in [0.1, 0.15) is 30.0 Å². The van der Waals surface area contributed by atoms with Gasteiger partial charge in [0.05, 0.1) is 11.7 Å². The molecule has 2 aromatic carbocycles. The number of rotatable bonds is 2. The van der Waals surface area contributed by atoms with Crippen LogP contribution in [-0.4, -0.2) is 22.3 Å². The number of aromatic nitrogens is 1. The standard InChI is InChI=1S/C21H19N3/c1-14(17-13-22-18-9-4-2-7-15(17)18)21-16-8-3-5-10-19(16)23-20-11-6-12-24(20)21/h2-5,7-10,13,21-22H,1,6,11-12H2. The van der Waals surface area contributed by atoms with E-state index in [-0.39, 0.29) is 6.04 Å². The van der Waals surface area contributed by atoms with Gasteiger partial charge in [-0.2, -0.15) is 0 Å². The zero-order valence-electron chi connectivity index (χ0n) is 13.5. The van der Waals surface area contributed by atoms with Gasteiger partial charge in [0.25, 0.3) is 0 Å². The molecular weight excluding hydrogens is 294 g/mol. The Labute approximate surface area is 141 Å². The van der Waals surface area contributed by atoms with Crippen LogP contribution in [0.15, 0.2) is 66.3 Å². The first-order chi connectivity index (χ1) is 11.8. The number of H-pyrrole nitrogens is 1. The smallest absolute Gasteiger partial charge is 0.106 e. The number of fused-ring (bicyclic) bond motifs is 3. The quantitative estimate of drug-likeness (QED) is 0.704. The summed E-state index contributed by atoms with van der Waals surface area (Å²) in [7, 11) is 0. The van der Waals surface area contributed by atoms with Gasteiger partial charge in [-0.3, -0.25) is 0 Å². The monoisotopic (exact) mass is 313 g/mol.